The van der Waals surface area contributed by atoms with Gasteiger partial charge in [-0.2, -0.15) is 0 Å². The zero-order chi connectivity index (χ0) is 13.2. The number of benzene rings is 1. The van der Waals surface area contributed by atoms with Crippen molar-refractivity contribution >= 4 is 11.3 Å². The minimum Gasteiger partial charge on any atom is -0.493 e. The van der Waals surface area contributed by atoms with Gasteiger partial charge in [0.2, 0.25) is 0 Å². The van der Waals surface area contributed by atoms with Crippen molar-refractivity contribution in [3.63, 3.8) is 0 Å². The van der Waals surface area contributed by atoms with Crippen LogP contribution in [0.15, 0.2) is 24.4 Å². The molecule has 1 atom stereocenters. The average molecular weight is 274 g/mol. The van der Waals surface area contributed by atoms with E-state index in [1.807, 2.05) is 6.20 Å². The molecule has 0 bridgehead atoms. The highest BCUT2D eigenvalue weighted by atomic mass is 32.1. The monoisotopic (exact) mass is 274 g/mol. The molecule has 0 saturated heterocycles. The first kappa shape index (κ1) is 12.6. The van der Waals surface area contributed by atoms with Gasteiger partial charge in [-0.1, -0.05) is 6.92 Å². The van der Waals surface area contributed by atoms with E-state index < -0.39 is 0 Å². The molecular weight excluding hydrogens is 256 g/mol. The van der Waals surface area contributed by atoms with Gasteiger partial charge in [-0.05, 0) is 37.2 Å². The van der Waals surface area contributed by atoms with E-state index in [1.165, 1.54) is 16.0 Å². The summed E-state index contributed by atoms with van der Waals surface area (Å²) in [5.41, 5.74) is 2.50. The minimum absolute atomic E-state index is 0.369. The topological polar surface area (TPSA) is 34.2 Å². The first-order chi connectivity index (χ1) is 9.28. The lowest BCUT2D eigenvalue weighted by Crippen LogP contribution is -2.16. The molecule has 0 spiro atoms. The van der Waals surface area contributed by atoms with E-state index in [0.717, 1.165) is 30.3 Å². The predicted molar refractivity (Wildman–Crippen MR) is 78.8 cm³/mol. The van der Waals surface area contributed by atoms with Crippen molar-refractivity contribution in [3.8, 4) is 16.3 Å². The Bertz CT molecular complexity index is 579. The first-order valence-corrected chi connectivity index (χ1v) is 7.54. The van der Waals surface area contributed by atoms with Gasteiger partial charge in [0.15, 0.2) is 0 Å². The van der Waals surface area contributed by atoms with Crippen LogP contribution in [-0.2, 0) is 6.42 Å². The van der Waals surface area contributed by atoms with Gasteiger partial charge in [0, 0.05) is 29.1 Å². The van der Waals surface area contributed by atoms with Gasteiger partial charge >= 0.3 is 0 Å². The number of hydrogen-bond acceptors (Lipinski definition) is 4. The van der Waals surface area contributed by atoms with Crippen molar-refractivity contribution in [3.05, 3.63) is 34.8 Å². The van der Waals surface area contributed by atoms with Crippen LogP contribution >= 0.6 is 11.3 Å². The predicted octanol–water partition coefficient (Wildman–Crippen LogP) is 3.42. The summed E-state index contributed by atoms with van der Waals surface area (Å²) in [5.74, 6) is 1.03. The Kier molecular flexibility index (Phi) is 3.53. The summed E-state index contributed by atoms with van der Waals surface area (Å²) >= 11 is 1.77. The van der Waals surface area contributed by atoms with E-state index >= 15 is 0 Å². The van der Waals surface area contributed by atoms with Crippen LogP contribution in [0.1, 0.15) is 30.3 Å². The Morgan fingerprint density at radius 3 is 3.21 bits per heavy atom. The Balaban J connectivity index is 1.86. The van der Waals surface area contributed by atoms with E-state index in [2.05, 4.69) is 42.3 Å². The summed E-state index contributed by atoms with van der Waals surface area (Å²) in [6, 6.07) is 6.74. The fourth-order valence-corrected chi connectivity index (χ4v) is 3.29. The van der Waals surface area contributed by atoms with Gasteiger partial charge in [-0.3, -0.25) is 0 Å². The van der Waals surface area contributed by atoms with Gasteiger partial charge in [0.1, 0.15) is 10.8 Å². The second-order valence-corrected chi connectivity index (χ2v) is 5.83. The van der Waals surface area contributed by atoms with Gasteiger partial charge in [0.05, 0.1) is 6.61 Å². The van der Waals surface area contributed by atoms with Crippen LogP contribution in [0.3, 0.4) is 0 Å². The molecule has 1 aliphatic rings. The fourth-order valence-electron chi connectivity index (χ4n) is 2.35. The lowest BCUT2D eigenvalue weighted by molar-refractivity contribution is 0.357. The van der Waals surface area contributed by atoms with Crippen LogP contribution in [0, 0.1) is 0 Å². The third kappa shape index (κ3) is 2.51. The molecule has 0 saturated carbocycles. The highest BCUT2D eigenvalue weighted by molar-refractivity contribution is 7.15. The van der Waals surface area contributed by atoms with Crippen LogP contribution in [0.5, 0.6) is 5.75 Å². The van der Waals surface area contributed by atoms with Crippen molar-refractivity contribution in [1.82, 2.24) is 10.3 Å². The molecule has 0 fully saturated rings. The molecule has 1 aliphatic heterocycles. The Morgan fingerprint density at radius 2 is 2.37 bits per heavy atom. The van der Waals surface area contributed by atoms with Crippen LogP contribution in [0.2, 0.25) is 0 Å². The van der Waals surface area contributed by atoms with Crippen molar-refractivity contribution in [2.45, 2.75) is 26.3 Å². The van der Waals surface area contributed by atoms with Gasteiger partial charge < -0.3 is 10.1 Å². The Hall–Kier alpha value is -1.39. The number of thiazole rings is 1. The average Bonchev–Trinajstić information content (AvgIpc) is 3.07. The summed E-state index contributed by atoms with van der Waals surface area (Å²) in [6.45, 7) is 6.08. The third-order valence-electron chi connectivity index (χ3n) is 3.40. The molecule has 0 amide bonds. The minimum atomic E-state index is 0.369. The molecule has 2 aromatic rings. The maximum atomic E-state index is 5.54. The van der Waals surface area contributed by atoms with E-state index in [-0.39, 0.29) is 0 Å². The molecular formula is C15H18N2OS. The summed E-state index contributed by atoms with van der Waals surface area (Å²) < 4.78 is 5.54. The number of fused-ring (bicyclic) bond motifs is 1. The van der Waals surface area contributed by atoms with Crippen molar-refractivity contribution in [2.75, 3.05) is 13.2 Å². The summed E-state index contributed by atoms with van der Waals surface area (Å²) in [5, 5.41) is 4.51. The fraction of sp³-hybridized carbons (Fsp3) is 0.400. The zero-order valence-electron chi connectivity index (χ0n) is 11.3. The molecule has 1 N–H and O–H groups in total. The van der Waals surface area contributed by atoms with Gasteiger partial charge in [-0.15, -0.1) is 11.3 Å². The van der Waals surface area contributed by atoms with Crippen LogP contribution in [0.4, 0.5) is 0 Å². The highest BCUT2D eigenvalue weighted by Crippen LogP contribution is 2.33. The summed E-state index contributed by atoms with van der Waals surface area (Å²) in [6.07, 6.45) is 2.99. The second kappa shape index (κ2) is 5.31. The van der Waals surface area contributed by atoms with E-state index in [0.29, 0.717) is 6.04 Å². The number of aromatic nitrogens is 1. The smallest absolute Gasteiger partial charge is 0.123 e. The summed E-state index contributed by atoms with van der Waals surface area (Å²) in [7, 11) is 0. The van der Waals surface area contributed by atoms with Crippen molar-refractivity contribution in [2.24, 2.45) is 0 Å². The molecule has 3 rings (SSSR count). The molecule has 1 aromatic heterocycles. The van der Waals surface area contributed by atoms with Gasteiger partial charge in [0.25, 0.3) is 0 Å². The normalized spacial score (nSPS) is 15.1. The molecule has 1 unspecified atom stereocenters. The lowest BCUT2D eigenvalue weighted by atomic mass is 10.1. The lowest BCUT2D eigenvalue weighted by Gasteiger charge is -2.08. The SMILES string of the molecule is CCNC(C)c1cnc(-c2ccc3c(c2)CCO3)s1. The maximum Gasteiger partial charge on any atom is 0.123 e. The standard InChI is InChI=1S/C15H18N2OS/c1-3-16-10(2)14-9-17-15(19-14)12-4-5-13-11(8-12)6-7-18-13/h4-5,8-10,16H,3,6-7H2,1-2H3. The number of rotatable bonds is 4. The number of hydrogen-bond donors (Lipinski definition) is 1. The molecule has 100 valence electrons. The highest BCUT2D eigenvalue weighted by Gasteiger charge is 2.15. The van der Waals surface area contributed by atoms with Crippen LogP contribution < -0.4 is 10.1 Å². The van der Waals surface area contributed by atoms with Crippen LogP contribution in [-0.4, -0.2) is 18.1 Å². The molecule has 0 aliphatic carbocycles. The summed E-state index contributed by atoms with van der Waals surface area (Å²) in [4.78, 5) is 5.84. The molecule has 3 nitrogen and oxygen atoms in total. The van der Waals surface area contributed by atoms with E-state index in [1.54, 1.807) is 11.3 Å². The quantitative estimate of drug-likeness (QED) is 0.927. The van der Waals surface area contributed by atoms with E-state index in [4.69, 9.17) is 4.74 Å². The molecule has 0 radical (unpaired) electrons. The molecule has 1 aromatic carbocycles. The van der Waals surface area contributed by atoms with E-state index in [9.17, 15) is 0 Å². The van der Waals surface area contributed by atoms with Crippen molar-refractivity contribution < 1.29 is 4.74 Å². The number of nitrogens with zero attached hydrogens (tertiary/aromatic N) is 1. The first-order valence-electron chi connectivity index (χ1n) is 6.73. The number of ether oxygens (including phenoxy) is 1. The Labute approximate surface area is 117 Å². The maximum absolute atomic E-state index is 5.54. The molecule has 4 heteroatoms. The van der Waals surface area contributed by atoms with Crippen molar-refractivity contribution in [1.29, 1.82) is 0 Å². The third-order valence-corrected chi connectivity index (χ3v) is 4.63. The molecule has 19 heavy (non-hydrogen) atoms. The van der Waals surface area contributed by atoms with Crippen LogP contribution in [0.25, 0.3) is 10.6 Å². The number of nitrogens with one attached hydrogen (secondary N) is 1. The molecule has 2 heterocycles. The largest absolute Gasteiger partial charge is 0.493 e. The van der Waals surface area contributed by atoms with Gasteiger partial charge in [-0.25, -0.2) is 4.98 Å². The second-order valence-electron chi connectivity index (χ2n) is 4.77. The Morgan fingerprint density at radius 1 is 1.47 bits per heavy atom. The zero-order valence-corrected chi connectivity index (χ0v) is 12.1.